The maximum absolute atomic E-state index is 14.2. The van der Waals surface area contributed by atoms with Gasteiger partial charge >= 0.3 is 12.1 Å². The minimum absolute atomic E-state index is 0.0941. The van der Waals surface area contributed by atoms with Gasteiger partial charge in [-0.05, 0) is 80.4 Å². The molecule has 1 heterocycles. The summed E-state index contributed by atoms with van der Waals surface area (Å²) in [5.41, 5.74) is 3.37. The Morgan fingerprint density at radius 2 is 1.37 bits per heavy atom. The first-order valence-electron chi connectivity index (χ1n) is 15.8. The van der Waals surface area contributed by atoms with Crippen LogP contribution in [0.2, 0.25) is 0 Å². The molecule has 5 rings (SSSR count). The number of rotatable bonds is 9. The highest BCUT2D eigenvalue weighted by molar-refractivity contribution is 6.21. The molecular formula is C38H38N4O7. The van der Waals surface area contributed by atoms with E-state index in [1.54, 1.807) is 118 Å². The molecular weight excluding hydrogens is 624 g/mol. The lowest BCUT2D eigenvalue weighted by atomic mass is 10.0. The number of fused-ring (bicyclic) bond motifs is 1. The zero-order valence-electron chi connectivity index (χ0n) is 27.8. The number of methoxy groups -OCH3 is 1. The molecule has 4 amide bonds. The number of nitrogens with one attached hydrogen (secondary N) is 2. The van der Waals surface area contributed by atoms with Gasteiger partial charge in [-0.1, -0.05) is 54.6 Å². The summed E-state index contributed by atoms with van der Waals surface area (Å²) >= 11 is 0. The van der Waals surface area contributed by atoms with Crippen molar-refractivity contribution >= 4 is 52.5 Å². The first kappa shape index (κ1) is 34.4. The van der Waals surface area contributed by atoms with Gasteiger partial charge < -0.3 is 25.0 Å². The van der Waals surface area contributed by atoms with Crippen LogP contribution in [-0.2, 0) is 36.9 Å². The Labute approximate surface area is 284 Å². The van der Waals surface area contributed by atoms with Gasteiger partial charge in [-0.15, -0.1) is 0 Å². The van der Waals surface area contributed by atoms with E-state index in [1.807, 2.05) is 6.07 Å². The first-order chi connectivity index (χ1) is 23.4. The summed E-state index contributed by atoms with van der Waals surface area (Å²) in [5, 5.41) is 5.58. The van der Waals surface area contributed by atoms with Crippen molar-refractivity contribution in [1.82, 2.24) is 5.32 Å². The van der Waals surface area contributed by atoms with Crippen LogP contribution in [0.3, 0.4) is 0 Å². The molecule has 1 aliphatic rings. The molecule has 1 atom stereocenters. The van der Waals surface area contributed by atoms with Crippen LogP contribution < -0.4 is 20.4 Å². The number of anilines is 4. The Morgan fingerprint density at radius 1 is 0.755 bits per heavy atom. The van der Waals surface area contributed by atoms with Crippen LogP contribution in [0.15, 0.2) is 103 Å². The minimum atomic E-state index is -1.36. The fourth-order valence-corrected chi connectivity index (χ4v) is 5.34. The predicted molar refractivity (Wildman–Crippen MR) is 185 cm³/mol. The van der Waals surface area contributed by atoms with Crippen LogP contribution >= 0.6 is 0 Å². The van der Waals surface area contributed by atoms with Gasteiger partial charge in [-0.25, -0.2) is 4.79 Å². The first-order valence-corrected chi connectivity index (χ1v) is 15.8. The van der Waals surface area contributed by atoms with Crippen LogP contribution in [0.25, 0.3) is 0 Å². The van der Waals surface area contributed by atoms with Crippen LogP contribution in [0, 0.1) is 5.92 Å². The standard InChI is InChI=1S/C38H38N4O7/c1-38(2,3)49-37(47)39-23-25-16-20-29(21-17-25)42-32-13-9-8-12-31(32)41(35(45)30(36(42)46)22-33(43)48-4)24-26-14-18-28(19-15-26)40-34(44)27-10-6-5-7-11-27/h5-21,30H,22-24H2,1-4H3,(H,39,47)(H,40,44). The maximum Gasteiger partial charge on any atom is 0.407 e. The van der Waals surface area contributed by atoms with E-state index >= 15 is 0 Å². The lowest BCUT2D eigenvalue weighted by molar-refractivity contribution is -0.146. The van der Waals surface area contributed by atoms with E-state index in [1.165, 1.54) is 16.9 Å². The molecule has 252 valence electrons. The van der Waals surface area contributed by atoms with E-state index in [0.717, 1.165) is 11.1 Å². The summed E-state index contributed by atoms with van der Waals surface area (Å²) in [5.74, 6) is -3.44. The van der Waals surface area contributed by atoms with E-state index in [9.17, 15) is 24.0 Å². The summed E-state index contributed by atoms with van der Waals surface area (Å²) < 4.78 is 10.2. The Kier molecular flexibility index (Phi) is 10.4. The van der Waals surface area contributed by atoms with Crippen molar-refractivity contribution in [3.63, 3.8) is 0 Å². The summed E-state index contributed by atoms with van der Waals surface area (Å²) in [4.78, 5) is 68.6. The normalized spacial score (nSPS) is 14.4. The zero-order valence-corrected chi connectivity index (χ0v) is 27.8. The number of ether oxygens (including phenoxy) is 2. The number of carbonyl (C=O) groups is 5. The molecule has 0 spiro atoms. The van der Waals surface area contributed by atoms with Gasteiger partial charge in [-0.2, -0.15) is 0 Å². The third kappa shape index (κ3) is 8.50. The van der Waals surface area contributed by atoms with E-state index in [0.29, 0.717) is 28.3 Å². The average Bonchev–Trinajstić information content (AvgIpc) is 3.17. The average molecular weight is 663 g/mol. The molecule has 11 heteroatoms. The Bertz CT molecular complexity index is 1830. The van der Waals surface area contributed by atoms with Gasteiger partial charge in [-0.3, -0.25) is 24.1 Å². The Hall–Kier alpha value is -5.97. The number of amides is 4. The van der Waals surface area contributed by atoms with E-state index < -0.39 is 41.8 Å². The van der Waals surface area contributed by atoms with Gasteiger partial charge in [0.05, 0.1) is 31.5 Å². The lowest BCUT2D eigenvalue weighted by Gasteiger charge is -2.26. The lowest BCUT2D eigenvalue weighted by Crippen LogP contribution is -2.41. The van der Waals surface area contributed by atoms with Crippen molar-refractivity contribution in [2.75, 3.05) is 22.2 Å². The van der Waals surface area contributed by atoms with Gasteiger partial charge in [0.25, 0.3) is 5.91 Å². The molecule has 1 unspecified atom stereocenters. The smallest absolute Gasteiger partial charge is 0.407 e. The Morgan fingerprint density at radius 3 is 2.00 bits per heavy atom. The summed E-state index contributed by atoms with van der Waals surface area (Å²) in [6, 6.07) is 29.9. The molecule has 0 saturated carbocycles. The van der Waals surface area contributed by atoms with Gasteiger partial charge in [0.2, 0.25) is 11.8 Å². The molecule has 2 N–H and O–H groups in total. The third-order valence-electron chi connectivity index (χ3n) is 7.71. The highest BCUT2D eigenvalue weighted by Crippen LogP contribution is 2.40. The summed E-state index contributed by atoms with van der Waals surface area (Å²) in [7, 11) is 1.21. The van der Waals surface area contributed by atoms with Crippen molar-refractivity contribution in [3.05, 3.63) is 120 Å². The number of hydrogen-bond acceptors (Lipinski definition) is 7. The molecule has 0 radical (unpaired) electrons. The summed E-state index contributed by atoms with van der Waals surface area (Å²) in [6.07, 6.45) is -0.999. The Balaban J connectivity index is 1.43. The summed E-state index contributed by atoms with van der Waals surface area (Å²) in [6.45, 7) is 5.63. The number of para-hydroxylation sites is 2. The van der Waals surface area contributed by atoms with Crippen LogP contribution in [-0.4, -0.2) is 42.5 Å². The van der Waals surface area contributed by atoms with E-state index in [4.69, 9.17) is 9.47 Å². The number of hydrogen-bond donors (Lipinski definition) is 2. The van der Waals surface area contributed by atoms with Gasteiger partial charge in [0.1, 0.15) is 11.5 Å². The van der Waals surface area contributed by atoms with E-state index in [-0.39, 0.29) is 19.0 Å². The molecule has 4 aromatic carbocycles. The second kappa shape index (κ2) is 14.8. The van der Waals surface area contributed by atoms with Crippen molar-refractivity contribution in [2.45, 2.75) is 45.9 Å². The number of carbonyl (C=O) groups excluding carboxylic acids is 5. The molecule has 0 saturated heterocycles. The molecule has 4 aromatic rings. The zero-order chi connectivity index (χ0) is 35.1. The highest BCUT2D eigenvalue weighted by Gasteiger charge is 2.42. The second-order valence-electron chi connectivity index (χ2n) is 12.5. The number of nitrogens with zero attached hydrogens (tertiary/aromatic N) is 2. The van der Waals surface area contributed by atoms with Crippen molar-refractivity contribution in [1.29, 1.82) is 0 Å². The fraction of sp³-hybridized carbons (Fsp3) is 0.237. The minimum Gasteiger partial charge on any atom is -0.469 e. The second-order valence-corrected chi connectivity index (χ2v) is 12.5. The monoisotopic (exact) mass is 662 g/mol. The number of esters is 1. The van der Waals surface area contributed by atoms with Crippen LogP contribution in [0.4, 0.5) is 27.5 Å². The highest BCUT2D eigenvalue weighted by atomic mass is 16.6. The maximum atomic E-state index is 14.2. The van der Waals surface area contributed by atoms with Crippen molar-refractivity contribution in [2.24, 2.45) is 5.92 Å². The van der Waals surface area contributed by atoms with Crippen LogP contribution in [0.5, 0.6) is 0 Å². The fourth-order valence-electron chi connectivity index (χ4n) is 5.34. The molecule has 0 fully saturated rings. The number of alkyl carbamates (subject to hydrolysis) is 1. The molecule has 1 aliphatic heterocycles. The molecule has 49 heavy (non-hydrogen) atoms. The quantitative estimate of drug-likeness (QED) is 0.158. The van der Waals surface area contributed by atoms with E-state index in [2.05, 4.69) is 10.6 Å². The molecule has 0 aliphatic carbocycles. The van der Waals surface area contributed by atoms with Gasteiger partial charge in [0.15, 0.2) is 0 Å². The number of benzene rings is 4. The molecule has 0 aromatic heterocycles. The topological polar surface area (TPSA) is 134 Å². The third-order valence-corrected chi connectivity index (χ3v) is 7.71. The molecule has 0 bridgehead atoms. The van der Waals surface area contributed by atoms with Gasteiger partial charge in [0, 0.05) is 23.5 Å². The predicted octanol–water partition coefficient (Wildman–Crippen LogP) is 6.35. The SMILES string of the molecule is COC(=O)CC1C(=O)N(Cc2ccc(NC(=O)c3ccccc3)cc2)c2ccccc2N(c2ccc(CNC(=O)OC(C)(C)C)cc2)C1=O. The van der Waals surface area contributed by atoms with Crippen molar-refractivity contribution in [3.8, 4) is 0 Å². The largest absolute Gasteiger partial charge is 0.469 e. The van der Waals surface area contributed by atoms with Crippen molar-refractivity contribution < 1.29 is 33.4 Å². The van der Waals surface area contributed by atoms with Crippen LogP contribution in [0.1, 0.15) is 48.7 Å². The molecule has 11 nitrogen and oxygen atoms in total.